The lowest BCUT2D eigenvalue weighted by molar-refractivity contribution is -0.122. The quantitative estimate of drug-likeness (QED) is 0.592. The first kappa shape index (κ1) is 14.0. The zero-order valence-electron chi connectivity index (χ0n) is 13.0. The number of allylic oxidation sites excluding steroid dienone is 4. The van der Waals surface area contributed by atoms with Gasteiger partial charge in [0.15, 0.2) is 0 Å². The van der Waals surface area contributed by atoms with Gasteiger partial charge in [-0.15, -0.1) is 0 Å². The van der Waals surface area contributed by atoms with E-state index in [1.54, 1.807) is 24.3 Å². The molecule has 0 radical (unpaired) electrons. The zero-order chi connectivity index (χ0) is 16.3. The molecule has 2 aliphatic carbocycles. The summed E-state index contributed by atoms with van der Waals surface area (Å²) in [5, 5.41) is 9.27. The number of carbonyl (C=O) groups is 2. The molecule has 4 heteroatoms. The maximum absolute atomic E-state index is 13.0. The van der Waals surface area contributed by atoms with Crippen LogP contribution in [0.15, 0.2) is 47.6 Å². The molecule has 4 rings (SSSR count). The Morgan fingerprint density at radius 1 is 1.04 bits per heavy atom. The first-order chi connectivity index (χ1) is 11.1. The maximum Gasteiger partial charge on any atom is 0.238 e. The number of benzene rings is 1. The summed E-state index contributed by atoms with van der Waals surface area (Å²) in [7, 11) is 0. The standard InChI is InChI=1S/C19H16N2O2/c1-10(2)15-12-7-8-13(15)17-16(12)18(22)21(19(17)23)14-6-4-3-5-11(14)9-20/h3-8,12-13,16-17H,1-2H3/t12-,13-,16-,17+/m1/s1. The molecule has 1 aliphatic heterocycles. The maximum atomic E-state index is 13.0. The summed E-state index contributed by atoms with van der Waals surface area (Å²) >= 11 is 0. The highest BCUT2D eigenvalue weighted by Crippen LogP contribution is 2.57. The van der Waals surface area contributed by atoms with E-state index in [1.807, 2.05) is 13.8 Å². The van der Waals surface area contributed by atoms with E-state index < -0.39 is 0 Å². The monoisotopic (exact) mass is 304 g/mol. The van der Waals surface area contributed by atoms with Crippen LogP contribution in [-0.2, 0) is 9.59 Å². The summed E-state index contributed by atoms with van der Waals surface area (Å²) in [6.45, 7) is 4.09. The number of nitrogens with zero attached hydrogens (tertiary/aromatic N) is 2. The van der Waals surface area contributed by atoms with Crippen LogP contribution in [-0.4, -0.2) is 11.8 Å². The van der Waals surface area contributed by atoms with Gasteiger partial charge >= 0.3 is 0 Å². The van der Waals surface area contributed by atoms with Crippen LogP contribution in [0.2, 0.25) is 0 Å². The number of amides is 2. The number of hydrogen-bond donors (Lipinski definition) is 0. The van der Waals surface area contributed by atoms with E-state index in [0.717, 1.165) is 0 Å². The van der Waals surface area contributed by atoms with Crippen LogP contribution < -0.4 is 4.90 Å². The molecular weight excluding hydrogens is 288 g/mol. The van der Waals surface area contributed by atoms with Gasteiger partial charge in [0.1, 0.15) is 6.07 Å². The normalized spacial score (nSPS) is 30.8. The topological polar surface area (TPSA) is 61.2 Å². The molecule has 23 heavy (non-hydrogen) atoms. The van der Waals surface area contributed by atoms with E-state index in [9.17, 15) is 14.9 Å². The van der Waals surface area contributed by atoms with E-state index in [0.29, 0.717) is 11.3 Å². The molecule has 0 N–H and O–H groups in total. The van der Waals surface area contributed by atoms with Crippen molar-refractivity contribution in [3.8, 4) is 6.07 Å². The van der Waals surface area contributed by atoms with Crippen LogP contribution in [0.25, 0.3) is 0 Å². The number of hydrogen-bond acceptors (Lipinski definition) is 3. The van der Waals surface area contributed by atoms with Gasteiger partial charge < -0.3 is 0 Å². The van der Waals surface area contributed by atoms with E-state index in [1.165, 1.54) is 16.0 Å². The zero-order valence-corrected chi connectivity index (χ0v) is 13.0. The summed E-state index contributed by atoms with van der Waals surface area (Å²) < 4.78 is 0. The van der Waals surface area contributed by atoms with Crippen LogP contribution >= 0.6 is 0 Å². The average molecular weight is 304 g/mol. The van der Waals surface area contributed by atoms with Crippen LogP contribution in [0.5, 0.6) is 0 Å². The Morgan fingerprint density at radius 3 is 2.13 bits per heavy atom. The van der Waals surface area contributed by atoms with Gasteiger partial charge in [0.2, 0.25) is 11.8 Å². The van der Waals surface area contributed by atoms with Crippen LogP contribution in [0.1, 0.15) is 19.4 Å². The molecule has 3 aliphatic rings. The molecule has 1 saturated heterocycles. The molecule has 0 unspecified atom stereocenters. The minimum atomic E-state index is -0.311. The molecule has 0 spiro atoms. The molecular formula is C19H16N2O2. The molecule has 1 aromatic rings. The highest BCUT2D eigenvalue weighted by atomic mass is 16.2. The van der Waals surface area contributed by atoms with Gasteiger partial charge in [-0.25, -0.2) is 4.90 Å². The number of rotatable bonds is 1. The average Bonchev–Trinajstić information content (AvgIpc) is 3.18. The summed E-state index contributed by atoms with van der Waals surface area (Å²) in [5.74, 6) is -0.892. The molecule has 2 amide bonds. The number of anilines is 1. The van der Waals surface area contributed by atoms with E-state index in [4.69, 9.17) is 0 Å². The van der Waals surface area contributed by atoms with Crippen molar-refractivity contribution in [3.63, 3.8) is 0 Å². The second kappa shape index (κ2) is 4.66. The Hall–Kier alpha value is -2.67. The number of fused-ring (bicyclic) bond motifs is 5. The predicted molar refractivity (Wildman–Crippen MR) is 85.1 cm³/mol. The number of nitriles is 1. The van der Waals surface area contributed by atoms with Crippen LogP contribution in [0.3, 0.4) is 0 Å². The number of carbonyl (C=O) groups excluding carboxylic acids is 2. The van der Waals surface area contributed by atoms with Gasteiger partial charge in [0.25, 0.3) is 0 Å². The minimum Gasteiger partial charge on any atom is -0.274 e. The second-order valence-electron chi connectivity index (χ2n) is 6.58. The Kier molecular flexibility index (Phi) is 2.83. The van der Waals surface area contributed by atoms with Crippen LogP contribution in [0, 0.1) is 35.0 Å². The summed E-state index contributed by atoms with van der Waals surface area (Å²) in [5.41, 5.74) is 3.20. The number of imide groups is 1. The van der Waals surface area contributed by atoms with E-state index >= 15 is 0 Å². The molecule has 4 nitrogen and oxygen atoms in total. The second-order valence-corrected chi connectivity index (χ2v) is 6.58. The third-order valence-corrected chi connectivity index (χ3v) is 5.26. The molecule has 4 atom stereocenters. The lowest BCUT2D eigenvalue weighted by Crippen LogP contribution is -2.33. The Bertz CT molecular complexity index is 805. The predicted octanol–water partition coefficient (Wildman–Crippen LogP) is 2.82. The summed E-state index contributed by atoms with van der Waals surface area (Å²) in [6, 6.07) is 8.87. The first-order valence-corrected chi connectivity index (χ1v) is 7.78. The molecule has 0 aromatic heterocycles. The Balaban J connectivity index is 1.81. The van der Waals surface area contributed by atoms with Gasteiger partial charge in [-0.2, -0.15) is 5.26 Å². The van der Waals surface area contributed by atoms with Crippen molar-refractivity contribution in [3.05, 3.63) is 53.1 Å². The SMILES string of the molecule is CC(C)=C1[C@H]2C=C[C@H]1[C@H]1C(=O)N(c3ccccc3C#N)C(=O)[C@H]12. The van der Waals surface area contributed by atoms with Crippen LogP contribution in [0.4, 0.5) is 5.69 Å². The fourth-order valence-electron chi connectivity index (χ4n) is 4.43. The molecule has 114 valence electrons. The molecule has 2 bridgehead atoms. The fourth-order valence-corrected chi connectivity index (χ4v) is 4.43. The largest absolute Gasteiger partial charge is 0.274 e. The first-order valence-electron chi connectivity index (χ1n) is 7.78. The van der Waals surface area contributed by atoms with Gasteiger partial charge in [-0.05, 0) is 26.0 Å². The lowest BCUT2D eigenvalue weighted by atomic mass is 9.85. The Labute approximate surface area is 134 Å². The van der Waals surface area contributed by atoms with Gasteiger partial charge in [-0.1, -0.05) is 35.4 Å². The highest BCUT2D eigenvalue weighted by Gasteiger charge is 2.62. The smallest absolute Gasteiger partial charge is 0.238 e. The molecule has 1 heterocycles. The number of para-hydroxylation sites is 1. The van der Waals surface area contributed by atoms with Crippen molar-refractivity contribution < 1.29 is 9.59 Å². The van der Waals surface area contributed by atoms with Gasteiger partial charge in [0.05, 0.1) is 23.1 Å². The summed E-state index contributed by atoms with van der Waals surface area (Å²) in [4.78, 5) is 27.2. The summed E-state index contributed by atoms with van der Waals surface area (Å²) in [6.07, 6.45) is 4.14. The minimum absolute atomic E-state index is 0.0331. The van der Waals surface area contributed by atoms with E-state index in [2.05, 4.69) is 18.2 Å². The van der Waals surface area contributed by atoms with Crippen molar-refractivity contribution in [2.75, 3.05) is 4.90 Å². The van der Waals surface area contributed by atoms with Crippen molar-refractivity contribution in [1.29, 1.82) is 5.26 Å². The van der Waals surface area contributed by atoms with Crippen molar-refractivity contribution in [2.45, 2.75) is 13.8 Å². The van der Waals surface area contributed by atoms with Gasteiger partial charge in [0, 0.05) is 11.8 Å². The molecule has 2 fully saturated rings. The third kappa shape index (κ3) is 1.65. The van der Waals surface area contributed by atoms with E-state index in [-0.39, 0.29) is 35.5 Å². The van der Waals surface area contributed by atoms with Crippen molar-refractivity contribution in [1.82, 2.24) is 0 Å². The highest BCUT2D eigenvalue weighted by molar-refractivity contribution is 6.23. The fraction of sp³-hybridized carbons (Fsp3) is 0.316. The molecule has 1 aromatic carbocycles. The third-order valence-electron chi connectivity index (χ3n) is 5.26. The Morgan fingerprint density at radius 2 is 1.61 bits per heavy atom. The lowest BCUT2D eigenvalue weighted by Gasteiger charge is -2.20. The van der Waals surface area contributed by atoms with Gasteiger partial charge in [-0.3, -0.25) is 9.59 Å². The van der Waals surface area contributed by atoms with Crippen molar-refractivity contribution in [2.24, 2.45) is 23.7 Å². The van der Waals surface area contributed by atoms with Crippen molar-refractivity contribution >= 4 is 17.5 Å². The molecule has 1 saturated carbocycles.